The zero-order chi connectivity index (χ0) is 11.4. The molecule has 0 bridgehead atoms. The first-order chi connectivity index (χ1) is 7.13. The number of carbonyl (C=O) groups excluding carboxylic acids is 1. The van der Waals surface area contributed by atoms with Gasteiger partial charge in [-0.2, -0.15) is 0 Å². The molecule has 0 atom stereocenters. The van der Waals surface area contributed by atoms with Crippen LogP contribution >= 0.6 is 0 Å². The second-order valence-corrected chi connectivity index (χ2v) is 2.80. The number of benzene rings is 1. The average Bonchev–Trinajstić information content (AvgIpc) is 2.28. The predicted molar refractivity (Wildman–Crippen MR) is 55.7 cm³/mol. The first-order valence-corrected chi connectivity index (χ1v) is 4.25. The number of phenols is 1. The van der Waals surface area contributed by atoms with E-state index in [4.69, 9.17) is 9.47 Å². The summed E-state index contributed by atoms with van der Waals surface area (Å²) in [7, 11) is 2.80. The van der Waals surface area contributed by atoms with Gasteiger partial charge in [-0.05, 0) is 18.2 Å². The van der Waals surface area contributed by atoms with Crippen molar-refractivity contribution >= 4 is 5.78 Å². The molecular formula is C11H12O4. The van der Waals surface area contributed by atoms with Gasteiger partial charge in [0.05, 0.1) is 14.2 Å². The summed E-state index contributed by atoms with van der Waals surface area (Å²) in [5.74, 6) is 0.00584. The number of methoxy groups -OCH3 is 2. The highest BCUT2D eigenvalue weighted by Gasteiger charge is 2.13. The van der Waals surface area contributed by atoms with Crippen molar-refractivity contribution < 1.29 is 19.4 Å². The molecule has 0 radical (unpaired) electrons. The van der Waals surface area contributed by atoms with Crippen LogP contribution in [0.1, 0.15) is 10.4 Å². The average molecular weight is 208 g/mol. The number of hydrogen-bond acceptors (Lipinski definition) is 4. The Kier molecular flexibility index (Phi) is 3.33. The Morgan fingerprint density at radius 3 is 2.13 bits per heavy atom. The fraction of sp³-hybridized carbons (Fsp3) is 0.182. The topological polar surface area (TPSA) is 55.8 Å². The molecule has 1 aromatic rings. The number of ketones is 1. The van der Waals surface area contributed by atoms with Gasteiger partial charge in [0, 0.05) is 5.56 Å². The Bertz CT molecular complexity index is 371. The van der Waals surface area contributed by atoms with Gasteiger partial charge in [-0.25, -0.2) is 0 Å². The molecule has 0 amide bonds. The van der Waals surface area contributed by atoms with Crippen LogP contribution in [0.3, 0.4) is 0 Å². The molecule has 0 unspecified atom stereocenters. The largest absolute Gasteiger partial charge is 0.502 e. The molecule has 80 valence electrons. The summed E-state index contributed by atoms with van der Waals surface area (Å²) in [5.41, 5.74) is 0.358. The zero-order valence-corrected chi connectivity index (χ0v) is 8.61. The highest BCUT2D eigenvalue weighted by molar-refractivity contribution is 6.05. The maximum Gasteiger partial charge on any atom is 0.200 e. The van der Waals surface area contributed by atoms with Gasteiger partial charge in [0.15, 0.2) is 17.3 Å². The number of carbonyl (C=O) groups is 1. The molecule has 0 aliphatic heterocycles. The Labute approximate surface area is 87.7 Å². The van der Waals surface area contributed by atoms with E-state index in [2.05, 4.69) is 6.58 Å². The standard InChI is InChI=1S/C11H12O4/c1-4-8(12)7-5-9(14-2)11(13)10(6-7)15-3/h4-6,13H,1H2,2-3H3. The highest BCUT2D eigenvalue weighted by atomic mass is 16.5. The van der Waals surface area contributed by atoms with E-state index in [1.807, 2.05) is 0 Å². The van der Waals surface area contributed by atoms with E-state index in [-0.39, 0.29) is 23.0 Å². The van der Waals surface area contributed by atoms with E-state index in [9.17, 15) is 9.90 Å². The minimum atomic E-state index is -0.258. The molecule has 1 aromatic carbocycles. The fourth-order valence-corrected chi connectivity index (χ4v) is 1.15. The molecule has 4 nitrogen and oxygen atoms in total. The molecule has 0 saturated heterocycles. The molecule has 0 fully saturated rings. The second kappa shape index (κ2) is 4.50. The summed E-state index contributed by atoms with van der Waals surface area (Å²) in [6.45, 7) is 3.38. The molecule has 0 spiro atoms. The minimum absolute atomic E-state index is 0.124. The van der Waals surface area contributed by atoms with Crippen LogP contribution in [0.2, 0.25) is 0 Å². The van der Waals surface area contributed by atoms with Gasteiger partial charge >= 0.3 is 0 Å². The molecular weight excluding hydrogens is 196 g/mol. The van der Waals surface area contributed by atoms with Gasteiger partial charge in [0.2, 0.25) is 5.75 Å². The first kappa shape index (κ1) is 11.1. The number of allylic oxidation sites excluding steroid dienone is 1. The smallest absolute Gasteiger partial charge is 0.200 e. The van der Waals surface area contributed by atoms with Gasteiger partial charge in [-0.15, -0.1) is 0 Å². The van der Waals surface area contributed by atoms with E-state index in [0.29, 0.717) is 5.56 Å². The summed E-state index contributed by atoms with van der Waals surface area (Å²) in [4.78, 5) is 11.4. The Balaban J connectivity index is 3.32. The van der Waals surface area contributed by atoms with Crippen LogP contribution in [-0.2, 0) is 0 Å². The fourth-order valence-electron chi connectivity index (χ4n) is 1.15. The quantitative estimate of drug-likeness (QED) is 0.605. The lowest BCUT2D eigenvalue weighted by Crippen LogP contribution is -1.97. The molecule has 1 N–H and O–H groups in total. The van der Waals surface area contributed by atoms with Crippen LogP contribution in [0, 0.1) is 0 Å². The third-order valence-electron chi connectivity index (χ3n) is 1.95. The van der Waals surface area contributed by atoms with Crippen molar-refractivity contribution in [2.75, 3.05) is 14.2 Å². The van der Waals surface area contributed by atoms with Crippen LogP contribution in [0.4, 0.5) is 0 Å². The molecule has 0 aromatic heterocycles. The minimum Gasteiger partial charge on any atom is -0.502 e. The van der Waals surface area contributed by atoms with Crippen molar-refractivity contribution in [3.05, 3.63) is 30.4 Å². The monoisotopic (exact) mass is 208 g/mol. The van der Waals surface area contributed by atoms with E-state index in [1.165, 1.54) is 32.4 Å². The van der Waals surface area contributed by atoms with Crippen molar-refractivity contribution in [3.63, 3.8) is 0 Å². The highest BCUT2D eigenvalue weighted by Crippen LogP contribution is 2.37. The summed E-state index contributed by atoms with van der Waals surface area (Å²) in [6.07, 6.45) is 1.19. The molecule has 1 rings (SSSR count). The van der Waals surface area contributed by atoms with Crippen molar-refractivity contribution in [2.45, 2.75) is 0 Å². The van der Waals surface area contributed by atoms with E-state index < -0.39 is 0 Å². The van der Waals surface area contributed by atoms with Gasteiger partial charge in [0.25, 0.3) is 0 Å². The van der Waals surface area contributed by atoms with Crippen LogP contribution in [0.25, 0.3) is 0 Å². The molecule has 4 heteroatoms. The lowest BCUT2D eigenvalue weighted by Gasteiger charge is -2.09. The van der Waals surface area contributed by atoms with Crippen LogP contribution in [-0.4, -0.2) is 25.1 Å². The predicted octanol–water partition coefficient (Wildman–Crippen LogP) is 1.78. The van der Waals surface area contributed by atoms with Crippen LogP contribution in [0.5, 0.6) is 17.2 Å². The van der Waals surface area contributed by atoms with E-state index in [1.54, 1.807) is 0 Å². The lowest BCUT2D eigenvalue weighted by atomic mass is 10.1. The number of aromatic hydroxyl groups is 1. The van der Waals surface area contributed by atoms with E-state index in [0.717, 1.165) is 0 Å². The zero-order valence-electron chi connectivity index (χ0n) is 8.61. The maximum atomic E-state index is 11.4. The number of ether oxygens (including phenoxy) is 2. The van der Waals surface area contributed by atoms with Gasteiger partial charge in [-0.1, -0.05) is 6.58 Å². The van der Waals surface area contributed by atoms with Gasteiger partial charge in [0.1, 0.15) is 0 Å². The van der Waals surface area contributed by atoms with Crippen molar-refractivity contribution in [2.24, 2.45) is 0 Å². The summed E-state index contributed by atoms with van der Waals surface area (Å²) in [5, 5.41) is 9.58. The Hall–Kier alpha value is -1.97. The molecule has 0 aliphatic carbocycles. The normalized spacial score (nSPS) is 9.47. The molecule has 0 saturated carbocycles. The Morgan fingerprint density at radius 2 is 1.80 bits per heavy atom. The van der Waals surface area contributed by atoms with E-state index >= 15 is 0 Å². The third-order valence-corrected chi connectivity index (χ3v) is 1.95. The second-order valence-electron chi connectivity index (χ2n) is 2.80. The summed E-state index contributed by atoms with van der Waals surface area (Å²) < 4.78 is 9.81. The van der Waals surface area contributed by atoms with Crippen molar-refractivity contribution in [1.29, 1.82) is 0 Å². The first-order valence-electron chi connectivity index (χ1n) is 4.25. The molecule has 15 heavy (non-hydrogen) atoms. The van der Waals surface area contributed by atoms with Crippen LogP contribution in [0.15, 0.2) is 24.8 Å². The third kappa shape index (κ3) is 2.10. The van der Waals surface area contributed by atoms with Gasteiger partial charge in [-0.3, -0.25) is 4.79 Å². The summed E-state index contributed by atoms with van der Waals surface area (Å²) in [6, 6.07) is 2.86. The lowest BCUT2D eigenvalue weighted by molar-refractivity contribution is 0.104. The Morgan fingerprint density at radius 1 is 1.33 bits per heavy atom. The number of rotatable bonds is 4. The molecule has 0 heterocycles. The van der Waals surface area contributed by atoms with Crippen LogP contribution < -0.4 is 9.47 Å². The number of phenolic OH excluding ortho intramolecular Hbond substituents is 1. The SMILES string of the molecule is C=CC(=O)c1cc(OC)c(O)c(OC)c1. The maximum absolute atomic E-state index is 11.4. The van der Waals surface area contributed by atoms with Crippen molar-refractivity contribution in [3.8, 4) is 17.2 Å². The van der Waals surface area contributed by atoms with Crippen molar-refractivity contribution in [1.82, 2.24) is 0 Å². The summed E-state index contributed by atoms with van der Waals surface area (Å²) >= 11 is 0. The van der Waals surface area contributed by atoms with Gasteiger partial charge < -0.3 is 14.6 Å². The number of hydrogen-bond donors (Lipinski definition) is 1. The molecule has 0 aliphatic rings.